The molecular weight excluding hydrogens is 330 g/mol. The maximum atomic E-state index is 10.9. The molecule has 134 valence electrons. The van der Waals surface area contributed by atoms with Crippen LogP contribution in [0.25, 0.3) is 10.9 Å². The first-order valence-corrected chi connectivity index (χ1v) is 8.86. The van der Waals surface area contributed by atoms with Crippen LogP contribution in [0.15, 0.2) is 48.7 Å². The monoisotopic (exact) mass is 351 g/mol. The van der Waals surface area contributed by atoms with Gasteiger partial charge in [0, 0.05) is 17.8 Å². The van der Waals surface area contributed by atoms with E-state index in [1.165, 1.54) is 5.56 Å². The first kappa shape index (κ1) is 16.5. The minimum atomic E-state index is -0.738. The fraction of sp³-hybridized carbons (Fsp3) is 0.286. The first-order chi connectivity index (χ1) is 12.7. The van der Waals surface area contributed by atoms with Crippen LogP contribution in [0, 0.1) is 0 Å². The molecule has 1 aliphatic rings. The number of carbonyl (C=O) groups is 1. The highest BCUT2D eigenvalue weighted by Crippen LogP contribution is 2.37. The number of aromatic amines is 1. The number of fused-ring (bicyclic) bond motifs is 2. The molecule has 26 heavy (non-hydrogen) atoms. The molecule has 0 aliphatic heterocycles. The van der Waals surface area contributed by atoms with Crippen molar-refractivity contribution in [2.45, 2.75) is 25.2 Å². The molecular formula is C21H21NO4. The van der Waals surface area contributed by atoms with Gasteiger partial charge in [-0.1, -0.05) is 6.07 Å². The Morgan fingerprint density at radius 2 is 1.85 bits per heavy atom. The highest BCUT2D eigenvalue weighted by molar-refractivity contribution is 5.80. The number of hydrogen-bond acceptors (Lipinski definition) is 3. The molecule has 5 nitrogen and oxygen atoms in total. The largest absolute Gasteiger partial charge is 0.490 e. The van der Waals surface area contributed by atoms with Crippen LogP contribution in [0.3, 0.4) is 0 Å². The van der Waals surface area contributed by atoms with Crippen molar-refractivity contribution >= 4 is 16.9 Å². The number of carboxylic acids is 1. The average molecular weight is 351 g/mol. The van der Waals surface area contributed by atoms with Gasteiger partial charge in [-0.2, -0.15) is 0 Å². The molecule has 1 heterocycles. The summed E-state index contributed by atoms with van der Waals surface area (Å²) >= 11 is 0. The van der Waals surface area contributed by atoms with E-state index in [9.17, 15) is 4.79 Å². The van der Waals surface area contributed by atoms with Crippen LogP contribution in [-0.4, -0.2) is 29.3 Å². The number of aromatic nitrogens is 1. The van der Waals surface area contributed by atoms with Crippen molar-refractivity contribution in [3.63, 3.8) is 0 Å². The number of rotatable bonds is 7. The van der Waals surface area contributed by atoms with Gasteiger partial charge in [0.25, 0.3) is 0 Å². The van der Waals surface area contributed by atoms with Crippen LogP contribution in [-0.2, 0) is 11.2 Å². The third kappa shape index (κ3) is 3.52. The maximum absolute atomic E-state index is 10.9. The smallest absolute Gasteiger partial charge is 0.303 e. The summed E-state index contributed by atoms with van der Waals surface area (Å²) in [5.41, 5.74) is 3.40. The van der Waals surface area contributed by atoms with Gasteiger partial charge in [0.2, 0.25) is 0 Å². The van der Waals surface area contributed by atoms with E-state index in [0.717, 1.165) is 40.8 Å². The predicted octanol–water partition coefficient (Wildman–Crippen LogP) is 4.13. The van der Waals surface area contributed by atoms with Gasteiger partial charge in [0.1, 0.15) is 24.7 Å². The average Bonchev–Trinajstić information content (AvgIpc) is 3.24. The number of aliphatic carboxylic acids is 1. The molecule has 0 bridgehead atoms. The van der Waals surface area contributed by atoms with Gasteiger partial charge in [-0.25, -0.2) is 0 Å². The number of ether oxygens (including phenoxy) is 2. The molecule has 1 aromatic heterocycles. The molecule has 0 saturated carbocycles. The summed E-state index contributed by atoms with van der Waals surface area (Å²) in [6.45, 7) is 0.922. The molecule has 0 amide bonds. The summed E-state index contributed by atoms with van der Waals surface area (Å²) in [5.74, 6) is 1.01. The van der Waals surface area contributed by atoms with E-state index >= 15 is 0 Å². The molecule has 0 radical (unpaired) electrons. The van der Waals surface area contributed by atoms with Gasteiger partial charge in [0.15, 0.2) is 0 Å². The lowest BCUT2D eigenvalue weighted by atomic mass is 9.98. The quantitative estimate of drug-likeness (QED) is 0.628. The van der Waals surface area contributed by atoms with Crippen LogP contribution in [0.5, 0.6) is 11.5 Å². The Bertz CT molecular complexity index is 931. The zero-order valence-electron chi connectivity index (χ0n) is 14.4. The molecule has 5 heteroatoms. The SMILES string of the molecule is O=C(O)C[C@@H]1CCc2cc(OCCOc3ccc4cc[nH]c4c3)ccc21. The van der Waals surface area contributed by atoms with Gasteiger partial charge < -0.3 is 19.6 Å². The van der Waals surface area contributed by atoms with Gasteiger partial charge in [-0.3, -0.25) is 4.79 Å². The maximum Gasteiger partial charge on any atom is 0.303 e. The van der Waals surface area contributed by atoms with E-state index in [4.69, 9.17) is 14.6 Å². The molecule has 0 saturated heterocycles. The fourth-order valence-electron chi connectivity index (χ4n) is 3.63. The lowest BCUT2D eigenvalue weighted by molar-refractivity contribution is -0.137. The number of aryl methyl sites for hydroxylation is 1. The normalized spacial score (nSPS) is 15.8. The number of benzene rings is 2. The van der Waals surface area contributed by atoms with E-state index in [1.807, 2.05) is 48.7 Å². The van der Waals surface area contributed by atoms with Crippen molar-refractivity contribution in [2.24, 2.45) is 0 Å². The molecule has 2 N–H and O–H groups in total. The number of nitrogens with one attached hydrogen (secondary N) is 1. The van der Waals surface area contributed by atoms with Crippen LogP contribution >= 0.6 is 0 Å². The number of carboxylic acid groups (broad SMARTS) is 1. The van der Waals surface area contributed by atoms with Crippen LogP contribution < -0.4 is 9.47 Å². The molecule has 2 aromatic carbocycles. The Morgan fingerprint density at radius 1 is 1.08 bits per heavy atom. The number of H-pyrrole nitrogens is 1. The molecule has 0 fully saturated rings. The van der Waals surface area contributed by atoms with Crippen molar-refractivity contribution in [1.29, 1.82) is 0 Å². The Morgan fingerprint density at radius 3 is 2.65 bits per heavy atom. The molecule has 3 aromatic rings. The van der Waals surface area contributed by atoms with E-state index in [0.29, 0.717) is 13.2 Å². The highest BCUT2D eigenvalue weighted by atomic mass is 16.5. The van der Waals surface area contributed by atoms with Crippen LogP contribution in [0.4, 0.5) is 0 Å². The zero-order valence-corrected chi connectivity index (χ0v) is 14.4. The third-order valence-corrected chi connectivity index (χ3v) is 4.88. The molecule has 0 spiro atoms. The zero-order chi connectivity index (χ0) is 17.9. The van der Waals surface area contributed by atoms with Gasteiger partial charge in [-0.15, -0.1) is 0 Å². The summed E-state index contributed by atoms with van der Waals surface area (Å²) in [6.07, 6.45) is 3.92. The lowest BCUT2D eigenvalue weighted by Gasteiger charge is -2.11. The molecule has 4 rings (SSSR count). The Balaban J connectivity index is 1.30. The summed E-state index contributed by atoms with van der Waals surface area (Å²) in [5, 5.41) is 10.2. The van der Waals surface area contributed by atoms with E-state index < -0.39 is 5.97 Å². The van der Waals surface area contributed by atoms with Crippen molar-refractivity contribution in [2.75, 3.05) is 13.2 Å². The van der Waals surface area contributed by atoms with Crippen LogP contribution in [0.1, 0.15) is 29.9 Å². The Hall–Kier alpha value is -2.95. The van der Waals surface area contributed by atoms with Crippen molar-refractivity contribution in [1.82, 2.24) is 4.98 Å². The van der Waals surface area contributed by atoms with Gasteiger partial charge >= 0.3 is 5.97 Å². The van der Waals surface area contributed by atoms with Gasteiger partial charge in [-0.05, 0) is 65.6 Å². The standard InChI is InChI=1S/C21H21NO4/c23-21(24)12-16-2-1-15-11-17(5-6-19(15)16)25-9-10-26-18-4-3-14-7-8-22-20(14)13-18/h3-8,11,13,16,22H,1-2,9-10,12H2,(H,23,24)/t16-/m0/s1. The summed E-state index contributed by atoms with van der Waals surface area (Å²) in [4.78, 5) is 14.1. The van der Waals surface area contributed by atoms with Crippen molar-refractivity contribution in [3.05, 3.63) is 59.8 Å². The van der Waals surface area contributed by atoms with Crippen LogP contribution in [0.2, 0.25) is 0 Å². The van der Waals surface area contributed by atoms with E-state index in [1.54, 1.807) is 0 Å². The molecule has 1 aliphatic carbocycles. The Kier molecular flexibility index (Phi) is 4.52. The summed E-state index contributed by atoms with van der Waals surface area (Å²) in [6, 6.07) is 13.9. The minimum Gasteiger partial charge on any atom is -0.490 e. The third-order valence-electron chi connectivity index (χ3n) is 4.88. The summed E-state index contributed by atoms with van der Waals surface area (Å²) in [7, 11) is 0. The first-order valence-electron chi connectivity index (χ1n) is 8.86. The van der Waals surface area contributed by atoms with Gasteiger partial charge in [0.05, 0.1) is 6.42 Å². The fourth-order valence-corrected chi connectivity index (χ4v) is 3.63. The second-order valence-electron chi connectivity index (χ2n) is 6.62. The number of hydrogen-bond donors (Lipinski definition) is 2. The van der Waals surface area contributed by atoms with Crippen molar-refractivity contribution < 1.29 is 19.4 Å². The summed E-state index contributed by atoms with van der Waals surface area (Å²) < 4.78 is 11.5. The topological polar surface area (TPSA) is 71.6 Å². The highest BCUT2D eigenvalue weighted by Gasteiger charge is 2.24. The van der Waals surface area contributed by atoms with E-state index in [-0.39, 0.29) is 12.3 Å². The molecule has 1 atom stereocenters. The van der Waals surface area contributed by atoms with Crippen molar-refractivity contribution in [3.8, 4) is 11.5 Å². The van der Waals surface area contributed by atoms with E-state index in [2.05, 4.69) is 4.98 Å². The molecule has 0 unspecified atom stereocenters. The minimum absolute atomic E-state index is 0.128. The second-order valence-corrected chi connectivity index (χ2v) is 6.62. The second kappa shape index (κ2) is 7.12. The predicted molar refractivity (Wildman–Crippen MR) is 99.0 cm³/mol. The lowest BCUT2D eigenvalue weighted by Crippen LogP contribution is -2.09. The Labute approximate surface area is 151 Å².